The summed E-state index contributed by atoms with van der Waals surface area (Å²) in [5.74, 6) is 0.795. The van der Waals surface area contributed by atoms with E-state index in [1.54, 1.807) is 29.4 Å². The van der Waals surface area contributed by atoms with Crippen LogP contribution >= 0.6 is 0 Å². The number of likely N-dealkylation sites (tertiary alicyclic amines) is 1. The molecule has 226 valence electrons. The SMILES string of the molecule is CC(C)(C)OC(=O)N1CCC[C@H]1COc1cc(NC(=O)c2cccnc2Nc2ccc3cn[nH]c3c2)ccc1C(C)(C)C. The van der Waals surface area contributed by atoms with Crippen LogP contribution < -0.4 is 15.4 Å². The van der Waals surface area contributed by atoms with Gasteiger partial charge >= 0.3 is 6.09 Å². The minimum atomic E-state index is -0.562. The molecule has 10 nitrogen and oxygen atoms in total. The quantitative estimate of drug-likeness (QED) is 0.213. The number of rotatable bonds is 7. The second-order valence-corrected chi connectivity index (χ2v) is 12.9. The fourth-order valence-corrected chi connectivity index (χ4v) is 5.13. The molecule has 3 N–H and O–H groups in total. The Hall–Kier alpha value is -4.60. The molecule has 0 spiro atoms. The molecule has 3 heterocycles. The van der Waals surface area contributed by atoms with Crippen LogP contribution in [0.3, 0.4) is 0 Å². The number of carbonyl (C=O) groups is 2. The molecule has 0 unspecified atom stereocenters. The highest BCUT2D eigenvalue weighted by Crippen LogP contribution is 2.35. The topological polar surface area (TPSA) is 121 Å². The fraction of sp³-hybridized carbons (Fsp3) is 0.394. The summed E-state index contributed by atoms with van der Waals surface area (Å²) in [4.78, 5) is 32.5. The molecule has 1 fully saturated rings. The van der Waals surface area contributed by atoms with Gasteiger partial charge in [-0.15, -0.1) is 0 Å². The molecule has 0 bridgehead atoms. The molecule has 43 heavy (non-hydrogen) atoms. The first-order valence-electron chi connectivity index (χ1n) is 14.6. The summed E-state index contributed by atoms with van der Waals surface area (Å²) in [7, 11) is 0. The van der Waals surface area contributed by atoms with Crippen LogP contribution in [0.15, 0.2) is 60.9 Å². The van der Waals surface area contributed by atoms with Gasteiger partial charge in [-0.25, -0.2) is 9.78 Å². The first-order valence-corrected chi connectivity index (χ1v) is 14.6. The van der Waals surface area contributed by atoms with Gasteiger partial charge in [-0.3, -0.25) is 9.89 Å². The van der Waals surface area contributed by atoms with E-state index in [-0.39, 0.29) is 23.5 Å². The molecule has 1 aliphatic heterocycles. The first-order chi connectivity index (χ1) is 20.4. The van der Waals surface area contributed by atoms with Gasteiger partial charge in [-0.1, -0.05) is 26.8 Å². The Bertz CT molecular complexity index is 1620. The monoisotopic (exact) mass is 584 g/mol. The van der Waals surface area contributed by atoms with Crippen LogP contribution in [0.5, 0.6) is 5.75 Å². The summed E-state index contributed by atoms with van der Waals surface area (Å²) in [6, 6.07) is 14.8. The third-order valence-corrected chi connectivity index (χ3v) is 7.24. The summed E-state index contributed by atoms with van der Waals surface area (Å²) >= 11 is 0. The van der Waals surface area contributed by atoms with Crippen LogP contribution in [0.25, 0.3) is 10.9 Å². The molecule has 1 saturated heterocycles. The molecular formula is C33H40N6O4. The van der Waals surface area contributed by atoms with Gasteiger partial charge in [0, 0.05) is 35.6 Å². The van der Waals surface area contributed by atoms with E-state index >= 15 is 0 Å². The molecule has 2 aromatic heterocycles. The fourth-order valence-electron chi connectivity index (χ4n) is 5.13. The highest BCUT2D eigenvalue weighted by molar-refractivity contribution is 6.08. The van der Waals surface area contributed by atoms with Gasteiger partial charge in [0.2, 0.25) is 0 Å². The van der Waals surface area contributed by atoms with Crippen LogP contribution in [-0.2, 0) is 10.2 Å². The van der Waals surface area contributed by atoms with E-state index < -0.39 is 5.60 Å². The summed E-state index contributed by atoms with van der Waals surface area (Å²) in [6.07, 6.45) is 4.81. The predicted molar refractivity (Wildman–Crippen MR) is 168 cm³/mol. The lowest BCUT2D eigenvalue weighted by atomic mass is 9.86. The number of H-pyrrole nitrogens is 1. The van der Waals surface area contributed by atoms with Crippen molar-refractivity contribution in [2.24, 2.45) is 0 Å². The maximum absolute atomic E-state index is 13.5. The van der Waals surface area contributed by atoms with E-state index in [0.717, 1.165) is 35.0 Å². The summed E-state index contributed by atoms with van der Waals surface area (Å²) in [5.41, 5.74) is 2.89. The standard InChI is InChI=1S/C33H40N6O4/c1-32(2,3)26-14-13-23(18-28(26)42-20-24-9-8-16-39(24)31(41)43-33(4,5)6)37-30(40)25-10-7-15-34-29(25)36-22-12-11-21-19-35-38-27(21)17-22/h7,10-15,17-19,24H,8-9,16,20H2,1-6H3,(H,34,36)(H,35,38)(H,37,40)/t24-/m0/s1. The average molecular weight is 585 g/mol. The second kappa shape index (κ2) is 11.9. The van der Waals surface area contributed by atoms with Crippen LogP contribution in [0, 0.1) is 0 Å². The van der Waals surface area contributed by atoms with Gasteiger partial charge in [0.05, 0.1) is 23.3 Å². The zero-order chi connectivity index (χ0) is 30.8. The van der Waals surface area contributed by atoms with Gasteiger partial charge in [0.1, 0.15) is 23.8 Å². The van der Waals surface area contributed by atoms with Crippen molar-refractivity contribution in [2.45, 2.75) is 71.4 Å². The Morgan fingerprint density at radius 2 is 1.84 bits per heavy atom. The molecule has 5 rings (SSSR count). The van der Waals surface area contributed by atoms with Crippen LogP contribution in [0.2, 0.25) is 0 Å². The normalized spacial score (nSPS) is 15.4. The maximum atomic E-state index is 13.5. The number of hydrogen-bond donors (Lipinski definition) is 3. The molecule has 1 atom stereocenters. The van der Waals surface area contributed by atoms with Crippen molar-refractivity contribution < 1.29 is 19.1 Å². The molecule has 1 aliphatic rings. The van der Waals surface area contributed by atoms with E-state index in [4.69, 9.17) is 9.47 Å². The Morgan fingerprint density at radius 1 is 1.05 bits per heavy atom. The minimum Gasteiger partial charge on any atom is -0.491 e. The molecule has 10 heteroatoms. The van der Waals surface area contributed by atoms with E-state index in [1.165, 1.54) is 0 Å². The molecule has 2 amide bonds. The zero-order valence-corrected chi connectivity index (χ0v) is 25.7. The van der Waals surface area contributed by atoms with Gasteiger partial charge in [0.15, 0.2) is 0 Å². The first kappa shape index (κ1) is 29.9. The minimum absolute atomic E-state index is 0.0917. The van der Waals surface area contributed by atoms with Gasteiger partial charge in [0.25, 0.3) is 5.91 Å². The number of amides is 2. The van der Waals surface area contributed by atoms with E-state index in [1.807, 2.05) is 57.2 Å². The van der Waals surface area contributed by atoms with E-state index in [9.17, 15) is 9.59 Å². The number of ether oxygens (including phenoxy) is 2. The van der Waals surface area contributed by atoms with E-state index in [2.05, 4.69) is 46.6 Å². The number of fused-ring (bicyclic) bond motifs is 1. The number of benzene rings is 2. The maximum Gasteiger partial charge on any atom is 0.410 e. The zero-order valence-electron chi connectivity index (χ0n) is 25.7. The lowest BCUT2D eigenvalue weighted by Crippen LogP contribution is -2.42. The number of anilines is 3. The van der Waals surface area contributed by atoms with Crippen LogP contribution in [0.1, 0.15) is 70.3 Å². The Kier molecular flexibility index (Phi) is 8.30. The average Bonchev–Trinajstić information content (AvgIpc) is 3.60. The third kappa shape index (κ3) is 7.25. The highest BCUT2D eigenvalue weighted by Gasteiger charge is 2.33. The van der Waals surface area contributed by atoms with Crippen molar-refractivity contribution in [3.8, 4) is 5.75 Å². The smallest absolute Gasteiger partial charge is 0.410 e. The number of nitrogens with one attached hydrogen (secondary N) is 3. The molecule has 2 aromatic carbocycles. The lowest BCUT2D eigenvalue weighted by molar-refractivity contribution is 0.0186. The molecule has 0 saturated carbocycles. The number of carbonyl (C=O) groups excluding carboxylic acids is 2. The van der Waals surface area contributed by atoms with Gasteiger partial charge < -0.3 is 25.0 Å². The van der Waals surface area contributed by atoms with Crippen molar-refractivity contribution in [1.82, 2.24) is 20.1 Å². The van der Waals surface area contributed by atoms with Crippen LogP contribution in [0.4, 0.5) is 22.0 Å². The molecule has 0 aliphatic carbocycles. The summed E-state index contributed by atoms with van der Waals surface area (Å²) < 4.78 is 12.0. The van der Waals surface area contributed by atoms with Crippen molar-refractivity contribution in [1.29, 1.82) is 0 Å². The summed E-state index contributed by atoms with van der Waals surface area (Å²) in [6.45, 7) is 12.9. The summed E-state index contributed by atoms with van der Waals surface area (Å²) in [5, 5.41) is 14.3. The van der Waals surface area contributed by atoms with Gasteiger partial charge in [-0.05, 0) is 81.0 Å². The highest BCUT2D eigenvalue weighted by atomic mass is 16.6. The lowest BCUT2D eigenvalue weighted by Gasteiger charge is -2.29. The van der Waals surface area contributed by atoms with Crippen molar-refractivity contribution in [3.05, 3.63) is 72.1 Å². The number of aromatic nitrogens is 3. The van der Waals surface area contributed by atoms with Crippen molar-refractivity contribution >= 4 is 40.1 Å². The third-order valence-electron chi connectivity index (χ3n) is 7.24. The van der Waals surface area contributed by atoms with E-state index in [0.29, 0.717) is 36.0 Å². The molecule has 0 radical (unpaired) electrons. The molecular weight excluding hydrogens is 544 g/mol. The predicted octanol–water partition coefficient (Wildman–Crippen LogP) is 7.03. The number of aromatic amines is 1. The molecule has 4 aromatic rings. The second-order valence-electron chi connectivity index (χ2n) is 12.9. The van der Waals surface area contributed by atoms with Gasteiger partial charge in [-0.2, -0.15) is 5.10 Å². The number of hydrogen-bond acceptors (Lipinski definition) is 7. The van der Waals surface area contributed by atoms with Crippen LogP contribution in [-0.4, -0.2) is 56.9 Å². The Labute approximate surface area is 252 Å². The Morgan fingerprint density at radius 3 is 2.60 bits per heavy atom. The number of nitrogens with zero attached hydrogens (tertiary/aromatic N) is 3. The van der Waals surface area contributed by atoms with Crippen molar-refractivity contribution in [3.63, 3.8) is 0 Å². The Balaban J connectivity index is 1.32. The number of pyridine rings is 1. The largest absolute Gasteiger partial charge is 0.491 e. The van der Waals surface area contributed by atoms with Crippen molar-refractivity contribution in [2.75, 3.05) is 23.8 Å².